The molecule has 0 aliphatic heterocycles. The lowest BCUT2D eigenvalue weighted by Gasteiger charge is -2.07. The average molecular weight is 202 g/mol. The zero-order valence-corrected chi connectivity index (χ0v) is 9.16. The molecular formula is C12H14N2O. The lowest BCUT2D eigenvalue weighted by atomic mass is 10.0. The minimum absolute atomic E-state index is 0.0928. The first kappa shape index (κ1) is 9.90. The Morgan fingerprint density at radius 1 is 1.33 bits per heavy atom. The van der Waals surface area contributed by atoms with Crippen molar-refractivity contribution in [3.63, 3.8) is 0 Å². The second-order valence-electron chi connectivity index (χ2n) is 4.14. The van der Waals surface area contributed by atoms with Crippen LogP contribution < -0.4 is 5.56 Å². The number of nitrogens with zero attached hydrogens (tertiary/aromatic N) is 1. The number of aromatic amines is 1. The third kappa shape index (κ3) is 1.77. The predicted octanol–water partition coefficient (Wildman–Crippen LogP) is 2.35. The van der Waals surface area contributed by atoms with Gasteiger partial charge in [0.15, 0.2) is 0 Å². The molecule has 0 unspecified atom stereocenters. The average Bonchev–Trinajstić information content (AvgIpc) is 2.16. The molecule has 3 heteroatoms. The summed E-state index contributed by atoms with van der Waals surface area (Å²) in [5.41, 5.74) is 2.75. The van der Waals surface area contributed by atoms with Gasteiger partial charge in [0.2, 0.25) is 5.56 Å². The Bertz CT molecular complexity index is 555. The van der Waals surface area contributed by atoms with Crippen molar-refractivity contribution in [1.82, 2.24) is 9.97 Å². The molecular weight excluding hydrogens is 188 g/mol. The molecule has 3 nitrogen and oxygen atoms in total. The molecule has 0 fully saturated rings. The Labute approximate surface area is 88.2 Å². The molecule has 0 saturated carbocycles. The van der Waals surface area contributed by atoms with E-state index in [4.69, 9.17) is 0 Å². The van der Waals surface area contributed by atoms with Crippen LogP contribution in [0.5, 0.6) is 0 Å². The fourth-order valence-corrected chi connectivity index (χ4v) is 1.62. The quantitative estimate of drug-likeness (QED) is 0.771. The zero-order valence-electron chi connectivity index (χ0n) is 9.16. The van der Waals surface area contributed by atoms with E-state index in [0.717, 1.165) is 10.9 Å². The zero-order chi connectivity index (χ0) is 11.0. The fourth-order valence-electron chi connectivity index (χ4n) is 1.62. The van der Waals surface area contributed by atoms with Crippen molar-refractivity contribution in [2.45, 2.75) is 26.7 Å². The van der Waals surface area contributed by atoms with E-state index in [-0.39, 0.29) is 5.56 Å². The largest absolute Gasteiger partial charge is 0.307 e. The summed E-state index contributed by atoms with van der Waals surface area (Å²) < 4.78 is 0. The monoisotopic (exact) mass is 202 g/mol. The van der Waals surface area contributed by atoms with E-state index < -0.39 is 0 Å². The predicted molar refractivity (Wildman–Crippen MR) is 61.2 cm³/mol. The molecule has 0 saturated heterocycles. The van der Waals surface area contributed by atoms with Crippen LogP contribution in [0.15, 0.2) is 23.1 Å². The first-order chi connectivity index (χ1) is 7.08. The van der Waals surface area contributed by atoms with Gasteiger partial charge in [-0.15, -0.1) is 0 Å². The molecule has 1 N–H and O–H groups in total. The summed E-state index contributed by atoms with van der Waals surface area (Å²) >= 11 is 0. The third-order valence-corrected chi connectivity index (χ3v) is 2.59. The normalized spacial score (nSPS) is 11.2. The van der Waals surface area contributed by atoms with Crippen molar-refractivity contribution in [3.8, 4) is 0 Å². The van der Waals surface area contributed by atoms with Crippen molar-refractivity contribution in [2.24, 2.45) is 0 Å². The van der Waals surface area contributed by atoms with Gasteiger partial charge in [0.25, 0.3) is 0 Å². The highest BCUT2D eigenvalue weighted by Gasteiger charge is 2.04. The lowest BCUT2D eigenvalue weighted by Crippen LogP contribution is -2.06. The highest BCUT2D eigenvalue weighted by molar-refractivity contribution is 5.78. The summed E-state index contributed by atoms with van der Waals surface area (Å²) in [7, 11) is 0. The van der Waals surface area contributed by atoms with Crippen LogP contribution >= 0.6 is 0 Å². The summed E-state index contributed by atoms with van der Waals surface area (Å²) in [5, 5.41) is 1.03. The van der Waals surface area contributed by atoms with E-state index >= 15 is 0 Å². The minimum atomic E-state index is -0.0928. The van der Waals surface area contributed by atoms with Gasteiger partial charge in [-0.1, -0.05) is 13.8 Å². The van der Waals surface area contributed by atoms with Crippen LogP contribution in [0.2, 0.25) is 0 Å². The fraction of sp³-hybridized carbons (Fsp3) is 0.333. The highest BCUT2D eigenvalue weighted by Crippen LogP contribution is 2.19. The number of pyridine rings is 2. The molecule has 0 spiro atoms. The molecule has 2 aromatic heterocycles. The van der Waals surface area contributed by atoms with Gasteiger partial charge in [-0.05, 0) is 30.0 Å². The van der Waals surface area contributed by atoms with Gasteiger partial charge >= 0.3 is 0 Å². The Morgan fingerprint density at radius 2 is 2.07 bits per heavy atom. The molecule has 0 atom stereocenters. The van der Waals surface area contributed by atoms with E-state index in [9.17, 15) is 4.79 Å². The summed E-state index contributed by atoms with van der Waals surface area (Å²) in [5.74, 6) is 0.452. The van der Waals surface area contributed by atoms with Crippen molar-refractivity contribution in [3.05, 3.63) is 39.8 Å². The number of fused-ring (bicyclic) bond motifs is 1. The van der Waals surface area contributed by atoms with Crippen LogP contribution in [0.25, 0.3) is 11.0 Å². The van der Waals surface area contributed by atoms with Crippen LogP contribution in [0.3, 0.4) is 0 Å². The molecule has 2 aromatic rings. The number of aromatic nitrogens is 2. The molecule has 0 radical (unpaired) electrons. The molecule has 15 heavy (non-hydrogen) atoms. The highest BCUT2D eigenvalue weighted by atomic mass is 16.1. The number of aryl methyl sites for hydroxylation is 1. The maximum absolute atomic E-state index is 11.2. The second-order valence-corrected chi connectivity index (χ2v) is 4.14. The Kier molecular flexibility index (Phi) is 2.31. The summed E-state index contributed by atoms with van der Waals surface area (Å²) in [6.45, 7) is 6.19. The molecule has 2 rings (SSSR count). The van der Waals surface area contributed by atoms with E-state index in [1.165, 1.54) is 5.56 Å². The molecule has 78 valence electrons. The van der Waals surface area contributed by atoms with Gasteiger partial charge in [0, 0.05) is 17.6 Å². The van der Waals surface area contributed by atoms with Crippen LogP contribution in [-0.4, -0.2) is 9.97 Å². The smallest absolute Gasteiger partial charge is 0.249 e. The molecule has 0 aliphatic rings. The lowest BCUT2D eigenvalue weighted by molar-refractivity contribution is 0.861. The van der Waals surface area contributed by atoms with Gasteiger partial charge < -0.3 is 4.98 Å². The van der Waals surface area contributed by atoms with Gasteiger partial charge in [0.1, 0.15) is 5.65 Å². The maximum Gasteiger partial charge on any atom is 0.249 e. The topological polar surface area (TPSA) is 45.8 Å². The van der Waals surface area contributed by atoms with Gasteiger partial charge in [-0.25, -0.2) is 4.98 Å². The Balaban J connectivity index is 2.77. The van der Waals surface area contributed by atoms with Crippen molar-refractivity contribution >= 4 is 11.0 Å². The maximum atomic E-state index is 11.2. The van der Waals surface area contributed by atoms with E-state index in [2.05, 4.69) is 29.9 Å². The van der Waals surface area contributed by atoms with E-state index in [0.29, 0.717) is 11.6 Å². The van der Waals surface area contributed by atoms with Crippen molar-refractivity contribution in [2.75, 3.05) is 0 Å². The molecule has 0 aromatic carbocycles. The Morgan fingerprint density at radius 3 is 2.73 bits per heavy atom. The summed E-state index contributed by atoms with van der Waals surface area (Å²) in [4.78, 5) is 18.2. The third-order valence-electron chi connectivity index (χ3n) is 2.59. The van der Waals surface area contributed by atoms with Gasteiger partial charge in [-0.3, -0.25) is 4.79 Å². The van der Waals surface area contributed by atoms with Gasteiger partial charge in [0.05, 0.1) is 0 Å². The number of rotatable bonds is 1. The van der Waals surface area contributed by atoms with E-state index in [1.807, 2.05) is 13.1 Å². The Hall–Kier alpha value is -1.64. The summed E-state index contributed by atoms with van der Waals surface area (Å²) in [6, 6.07) is 3.70. The van der Waals surface area contributed by atoms with Crippen molar-refractivity contribution < 1.29 is 0 Å². The van der Waals surface area contributed by atoms with Crippen LogP contribution in [-0.2, 0) is 0 Å². The second kappa shape index (κ2) is 3.50. The standard InChI is InChI=1S/C12H14N2O/c1-7(2)9-5-10-8(3)4-11(15)14-12(10)13-6-9/h4-7H,1-3H3,(H,13,14,15). The molecule has 2 heterocycles. The van der Waals surface area contributed by atoms with Gasteiger partial charge in [-0.2, -0.15) is 0 Å². The minimum Gasteiger partial charge on any atom is -0.307 e. The molecule has 0 aliphatic carbocycles. The van der Waals surface area contributed by atoms with E-state index in [1.54, 1.807) is 6.07 Å². The first-order valence-electron chi connectivity index (χ1n) is 5.07. The first-order valence-corrected chi connectivity index (χ1v) is 5.07. The van der Waals surface area contributed by atoms with Crippen molar-refractivity contribution in [1.29, 1.82) is 0 Å². The molecule has 0 amide bonds. The number of hydrogen-bond donors (Lipinski definition) is 1. The number of nitrogens with one attached hydrogen (secondary N) is 1. The number of H-pyrrole nitrogens is 1. The van der Waals surface area contributed by atoms with Crippen LogP contribution in [0.1, 0.15) is 30.9 Å². The SMILES string of the molecule is Cc1cc(=O)[nH]c2ncc(C(C)C)cc12. The van der Waals surface area contributed by atoms with Crippen LogP contribution in [0.4, 0.5) is 0 Å². The summed E-state index contributed by atoms with van der Waals surface area (Å²) in [6.07, 6.45) is 1.82. The molecule has 0 bridgehead atoms. The number of hydrogen-bond acceptors (Lipinski definition) is 2. The van der Waals surface area contributed by atoms with Crippen LogP contribution in [0, 0.1) is 6.92 Å².